The Morgan fingerprint density at radius 2 is 1.81 bits per heavy atom. The highest BCUT2D eigenvalue weighted by atomic mass is 32.1. The van der Waals surface area contributed by atoms with E-state index in [9.17, 15) is 9.90 Å². The third kappa shape index (κ3) is 2.88. The number of phenolic OH excluding ortho intramolecular Hbond substituents is 1. The number of nitrogens with zero attached hydrogens (tertiary/aromatic N) is 2. The molecule has 1 amide bonds. The van der Waals surface area contributed by atoms with E-state index in [0.29, 0.717) is 18.8 Å². The van der Waals surface area contributed by atoms with E-state index in [1.165, 1.54) is 0 Å². The topological polar surface area (TPSA) is 43.8 Å². The number of carbonyl (C=O) groups is 1. The highest BCUT2D eigenvalue weighted by Crippen LogP contribution is 2.27. The molecule has 1 aliphatic rings. The molecule has 2 heterocycles. The maximum absolute atomic E-state index is 12.4. The summed E-state index contributed by atoms with van der Waals surface area (Å²) in [5.74, 6) is 0.413. The molecule has 1 N–H and O–H groups in total. The molecular formula is C16H18N2O2S. The Morgan fingerprint density at radius 1 is 1.10 bits per heavy atom. The Balaban J connectivity index is 1.65. The number of para-hydroxylation sites is 2. The molecule has 5 heteroatoms. The van der Waals surface area contributed by atoms with Crippen LogP contribution in [0, 0.1) is 6.92 Å². The number of anilines is 1. The molecule has 0 atom stereocenters. The van der Waals surface area contributed by atoms with Crippen LogP contribution in [0.1, 0.15) is 14.5 Å². The largest absolute Gasteiger partial charge is 0.506 e. The van der Waals surface area contributed by atoms with Gasteiger partial charge in [0.15, 0.2) is 0 Å². The lowest BCUT2D eigenvalue weighted by Gasteiger charge is -2.36. The Hall–Kier alpha value is -2.01. The Bertz CT molecular complexity index is 645. The number of carbonyl (C=O) groups excluding carboxylic acids is 1. The van der Waals surface area contributed by atoms with Crippen molar-refractivity contribution < 1.29 is 9.90 Å². The lowest BCUT2D eigenvalue weighted by molar-refractivity contribution is 0.0751. The van der Waals surface area contributed by atoms with Gasteiger partial charge in [-0.1, -0.05) is 12.1 Å². The molecule has 0 spiro atoms. The summed E-state index contributed by atoms with van der Waals surface area (Å²) in [7, 11) is 0. The van der Waals surface area contributed by atoms with Gasteiger partial charge in [-0.05, 0) is 31.2 Å². The molecule has 3 rings (SSSR count). The van der Waals surface area contributed by atoms with Crippen LogP contribution in [0.15, 0.2) is 36.4 Å². The minimum Gasteiger partial charge on any atom is -0.506 e. The van der Waals surface area contributed by atoms with Crippen molar-refractivity contribution in [3.63, 3.8) is 0 Å². The van der Waals surface area contributed by atoms with Crippen LogP contribution in [0.25, 0.3) is 0 Å². The molecule has 1 saturated heterocycles. The zero-order chi connectivity index (χ0) is 14.8. The fourth-order valence-corrected chi connectivity index (χ4v) is 3.42. The van der Waals surface area contributed by atoms with Gasteiger partial charge in [0.25, 0.3) is 5.91 Å². The first-order valence-electron chi connectivity index (χ1n) is 7.04. The summed E-state index contributed by atoms with van der Waals surface area (Å²) in [6, 6.07) is 11.2. The molecule has 0 aliphatic carbocycles. The van der Waals surface area contributed by atoms with Crippen molar-refractivity contribution in [1.82, 2.24) is 4.90 Å². The van der Waals surface area contributed by atoms with Gasteiger partial charge in [-0.3, -0.25) is 4.79 Å². The average Bonchev–Trinajstić information content (AvgIpc) is 2.94. The molecule has 0 radical (unpaired) electrons. The van der Waals surface area contributed by atoms with Gasteiger partial charge in [0, 0.05) is 31.1 Å². The van der Waals surface area contributed by atoms with Crippen LogP contribution in [0.5, 0.6) is 5.75 Å². The minimum absolute atomic E-state index is 0.116. The second-order valence-corrected chi connectivity index (χ2v) is 6.47. The smallest absolute Gasteiger partial charge is 0.264 e. The average molecular weight is 302 g/mol. The second kappa shape index (κ2) is 5.77. The van der Waals surface area contributed by atoms with Gasteiger partial charge < -0.3 is 14.9 Å². The third-order valence-electron chi connectivity index (χ3n) is 3.74. The van der Waals surface area contributed by atoms with Crippen LogP contribution in [-0.2, 0) is 0 Å². The number of benzene rings is 1. The molecule has 0 saturated carbocycles. The zero-order valence-electron chi connectivity index (χ0n) is 12.0. The molecule has 1 aromatic heterocycles. The van der Waals surface area contributed by atoms with E-state index < -0.39 is 0 Å². The third-order valence-corrected chi connectivity index (χ3v) is 4.73. The minimum atomic E-state index is 0.116. The zero-order valence-corrected chi connectivity index (χ0v) is 12.8. The van der Waals surface area contributed by atoms with E-state index >= 15 is 0 Å². The van der Waals surface area contributed by atoms with Crippen molar-refractivity contribution in [1.29, 1.82) is 0 Å². The van der Waals surface area contributed by atoms with Gasteiger partial charge >= 0.3 is 0 Å². The van der Waals surface area contributed by atoms with E-state index in [4.69, 9.17) is 0 Å². The molecule has 4 nitrogen and oxygen atoms in total. The van der Waals surface area contributed by atoms with Crippen molar-refractivity contribution in [3.05, 3.63) is 46.2 Å². The van der Waals surface area contributed by atoms with Crippen LogP contribution < -0.4 is 4.90 Å². The van der Waals surface area contributed by atoms with Gasteiger partial charge in [-0.15, -0.1) is 11.3 Å². The van der Waals surface area contributed by atoms with Crippen LogP contribution in [0.3, 0.4) is 0 Å². The SMILES string of the molecule is Cc1ccc(C(=O)N2CCN(c3ccccc3O)CC2)s1. The van der Waals surface area contributed by atoms with Gasteiger partial charge in [0.05, 0.1) is 10.6 Å². The van der Waals surface area contributed by atoms with E-state index in [0.717, 1.165) is 28.5 Å². The molecule has 1 fully saturated rings. The van der Waals surface area contributed by atoms with Crippen molar-refractivity contribution in [2.75, 3.05) is 31.1 Å². The number of thiophene rings is 1. The molecule has 110 valence electrons. The summed E-state index contributed by atoms with van der Waals surface area (Å²) in [5, 5.41) is 9.90. The second-order valence-electron chi connectivity index (χ2n) is 5.18. The normalized spacial score (nSPS) is 15.3. The number of hydrogen-bond acceptors (Lipinski definition) is 4. The van der Waals surface area contributed by atoms with Gasteiger partial charge in [0.1, 0.15) is 5.75 Å². The summed E-state index contributed by atoms with van der Waals surface area (Å²) in [4.78, 5) is 18.4. The summed E-state index contributed by atoms with van der Waals surface area (Å²) in [6.45, 7) is 4.87. The number of amides is 1. The first-order chi connectivity index (χ1) is 10.1. The van der Waals surface area contributed by atoms with Crippen molar-refractivity contribution in [3.8, 4) is 5.75 Å². The molecule has 1 aromatic carbocycles. The fraction of sp³-hybridized carbons (Fsp3) is 0.312. The monoisotopic (exact) mass is 302 g/mol. The number of rotatable bonds is 2. The first kappa shape index (κ1) is 13.9. The van der Waals surface area contributed by atoms with Gasteiger partial charge in [-0.2, -0.15) is 0 Å². The predicted molar refractivity (Wildman–Crippen MR) is 85.3 cm³/mol. The Kier molecular flexibility index (Phi) is 3.84. The van der Waals surface area contributed by atoms with Crippen LogP contribution in [0.4, 0.5) is 5.69 Å². The maximum Gasteiger partial charge on any atom is 0.264 e. The predicted octanol–water partition coefficient (Wildman–Crippen LogP) is 2.72. The number of aromatic hydroxyl groups is 1. The molecule has 2 aromatic rings. The lowest BCUT2D eigenvalue weighted by atomic mass is 10.2. The van der Waals surface area contributed by atoms with Crippen molar-refractivity contribution >= 4 is 22.9 Å². The van der Waals surface area contributed by atoms with E-state index in [1.807, 2.05) is 42.2 Å². The molecule has 21 heavy (non-hydrogen) atoms. The molecular weight excluding hydrogens is 284 g/mol. The van der Waals surface area contributed by atoms with Crippen molar-refractivity contribution in [2.45, 2.75) is 6.92 Å². The summed E-state index contributed by atoms with van der Waals surface area (Å²) in [5.41, 5.74) is 0.844. The highest BCUT2D eigenvalue weighted by Gasteiger charge is 2.24. The number of phenols is 1. The van der Waals surface area contributed by atoms with E-state index in [2.05, 4.69) is 4.90 Å². The van der Waals surface area contributed by atoms with Crippen LogP contribution in [-0.4, -0.2) is 42.1 Å². The van der Waals surface area contributed by atoms with Crippen LogP contribution >= 0.6 is 11.3 Å². The number of hydrogen-bond donors (Lipinski definition) is 1. The maximum atomic E-state index is 12.4. The molecule has 1 aliphatic heterocycles. The lowest BCUT2D eigenvalue weighted by Crippen LogP contribution is -2.48. The molecule has 0 unspecified atom stereocenters. The summed E-state index contributed by atoms with van der Waals surface area (Å²) in [6.07, 6.45) is 0. The summed E-state index contributed by atoms with van der Waals surface area (Å²) < 4.78 is 0. The highest BCUT2D eigenvalue weighted by molar-refractivity contribution is 7.13. The number of aryl methyl sites for hydroxylation is 1. The quantitative estimate of drug-likeness (QED) is 0.927. The number of piperazine rings is 1. The molecule has 0 bridgehead atoms. The first-order valence-corrected chi connectivity index (χ1v) is 7.85. The van der Waals surface area contributed by atoms with E-state index in [1.54, 1.807) is 17.4 Å². The van der Waals surface area contributed by atoms with Crippen LogP contribution in [0.2, 0.25) is 0 Å². The van der Waals surface area contributed by atoms with Gasteiger partial charge in [-0.25, -0.2) is 0 Å². The standard InChI is InChI=1S/C16H18N2O2S/c1-12-6-7-15(21-12)16(20)18-10-8-17(9-11-18)13-4-2-3-5-14(13)19/h2-7,19H,8-11H2,1H3. The Labute approximate surface area is 128 Å². The van der Waals surface area contributed by atoms with E-state index in [-0.39, 0.29) is 5.91 Å². The van der Waals surface area contributed by atoms with Crippen molar-refractivity contribution in [2.24, 2.45) is 0 Å². The fourth-order valence-electron chi connectivity index (χ4n) is 2.59. The summed E-state index contributed by atoms with van der Waals surface area (Å²) >= 11 is 1.54. The van der Waals surface area contributed by atoms with Gasteiger partial charge in [0.2, 0.25) is 0 Å². The Morgan fingerprint density at radius 3 is 2.43 bits per heavy atom.